The zero-order chi connectivity index (χ0) is 33.4. The smallest absolute Gasteiger partial charge is 0.308 e. The zero-order valence-corrected chi connectivity index (χ0v) is 29.6. The molecule has 1 N–H and O–H groups in total. The second-order valence-electron chi connectivity index (χ2n) is 12.2. The van der Waals surface area contributed by atoms with Crippen molar-refractivity contribution in [1.82, 2.24) is 0 Å². The summed E-state index contributed by atoms with van der Waals surface area (Å²) in [4.78, 5) is 22.6. The minimum absolute atomic E-state index is 0.0795. The molecular formula is C38H68O7. The van der Waals surface area contributed by atoms with Crippen LogP contribution in [0.15, 0.2) is 24.3 Å². The third kappa shape index (κ3) is 27.9. The van der Waals surface area contributed by atoms with Crippen molar-refractivity contribution in [2.24, 2.45) is 0 Å². The lowest BCUT2D eigenvalue weighted by molar-refractivity contribution is -0.144. The Morgan fingerprint density at radius 2 is 1.02 bits per heavy atom. The van der Waals surface area contributed by atoms with Gasteiger partial charge in [-0.25, -0.2) is 0 Å². The average Bonchev–Trinajstić information content (AvgIpc) is 3.05. The van der Waals surface area contributed by atoms with Crippen molar-refractivity contribution in [3.63, 3.8) is 0 Å². The number of rotatable bonds is 28. The van der Waals surface area contributed by atoms with E-state index in [0.29, 0.717) is 19.4 Å². The first-order valence-electron chi connectivity index (χ1n) is 18.0. The van der Waals surface area contributed by atoms with E-state index >= 15 is 0 Å². The molecule has 1 aromatic rings. The second-order valence-corrected chi connectivity index (χ2v) is 12.2. The van der Waals surface area contributed by atoms with Gasteiger partial charge >= 0.3 is 11.9 Å². The van der Waals surface area contributed by atoms with Crippen LogP contribution in [-0.4, -0.2) is 50.6 Å². The molecular weight excluding hydrogens is 568 g/mol. The van der Waals surface area contributed by atoms with Gasteiger partial charge in [0.05, 0.1) is 53.0 Å². The second kappa shape index (κ2) is 31.8. The average molecular weight is 637 g/mol. The number of hydrogen-bond acceptors (Lipinski definition) is 7. The number of unbranched alkanes of at least 4 members (excludes halogenated alkanes) is 16. The van der Waals surface area contributed by atoms with Crippen LogP contribution < -0.4 is 4.74 Å². The molecule has 0 amide bonds. The van der Waals surface area contributed by atoms with E-state index in [1.807, 2.05) is 24.3 Å². The van der Waals surface area contributed by atoms with Crippen LogP contribution in [0.5, 0.6) is 5.75 Å². The summed E-state index contributed by atoms with van der Waals surface area (Å²) in [6, 6.07) is 7.84. The Morgan fingerprint density at radius 1 is 0.600 bits per heavy atom. The fraction of sp³-hybridized carbons (Fsp3) is 0.789. The van der Waals surface area contributed by atoms with Crippen molar-refractivity contribution in [3.05, 3.63) is 29.8 Å². The zero-order valence-electron chi connectivity index (χ0n) is 29.6. The molecule has 0 aromatic heterocycles. The van der Waals surface area contributed by atoms with E-state index in [0.717, 1.165) is 37.0 Å². The molecule has 1 rings (SSSR count). The maximum atomic E-state index is 11.7. The molecule has 7 nitrogen and oxygen atoms in total. The molecule has 262 valence electrons. The van der Waals surface area contributed by atoms with Gasteiger partial charge in [0.2, 0.25) is 0 Å². The van der Waals surface area contributed by atoms with E-state index in [-0.39, 0.29) is 24.5 Å². The summed E-state index contributed by atoms with van der Waals surface area (Å²) in [5.41, 5.74) is 1.08. The maximum Gasteiger partial charge on any atom is 0.308 e. The van der Waals surface area contributed by atoms with Gasteiger partial charge in [-0.1, -0.05) is 142 Å². The Morgan fingerprint density at radius 3 is 1.47 bits per heavy atom. The molecule has 0 aliphatic heterocycles. The van der Waals surface area contributed by atoms with Crippen LogP contribution in [-0.2, 0) is 30.4 Å². The van der Waals surface area contributed by atoms with Crippen LogP contribution in [0.1, 0.15) is 161 Å². The van der Waals surface area contributed by atoms with Crippen LogP contribution in [0.3, 0.4) is 0 Å². The lowest BCUT2D eigenvalue weighted by atomic mass is 10.0. The third-order valence-corrected chi connectivity index (χ3v) is 8.17. The summed E-state index contributed by atoms with van der Waals surface area (Å²) in [5.74, 6) is 0.309. The number of aliphatic hydroxyl groups excluding tert-OH is 1. The van der Waals surface area contributed by atoms with Gasteiger partial charge in [0.15, 0.2) is 0 Å². The monoisotopic (exact) mass is 636 g/mol. The standard InChI is InChI=1S/C23H38O4.C15H30O3/c1-4-5-6-7-8-9-10-11-12-13-22(18-23(24)26-3)27-19-20-14-16-21(25-2)17-15-20;1-3-4-5-6-7-8-9-10-11-12-14(16)13-15(17)18-2/h14-17,22H,4-13,18-19H2,1-3H3;14,16H,3-13H2,1-2H3/t22-;14-/m11/s1. The summed E-state index contributed by atoms with van der Waals surface area (Å²) in [6.45, 7) is 4.99. The van der Waals surface area contributed by atoms with E-state index < -0.39 is 6.10 Å². The van der Waals surface area contributed by atoms with Gasteiger partial charge in [-0.3, -0.25) is 9.59 Å². The predicted octanol–water partition coefficient (Wildman–Crippen LogP) is 9.90. The lowest BCUT2D eigenvalue weighted by Gasteiger charge is -2.17. The molecule has 0 heterocycles. The predicted molar refractivity (Wildman–Crippen MR) is 185 cm³/mol. The van der Waals surface area contributed by atoms with Crippen molar-refractivity contribution < 1.29 is 33.6 Å². The molecule has 0 unspecified atom stereocenters. The molecule has 0 fully saturated rings. The van der Waals surface area contributed by atoms with Crippen molar-refractivity contribution in [2.75, 3.05) is 21.3 Å². The highest BCUT2D eigenvalue weighted by Crippen LogP contribution is 2.18. The summed E-state index contributed by atoms with van der Waals surface area (Å²) < 4.78 is 20.5. The molecule has 0 spiro atoms. The molecule has 45 heavy (non-hydrogen) atoms. The quantitative estimate of drug-likeness (QED) is 0.0723. The van der Waals surface area contributed by atoms with Gasteiger partial charge in [-0.15, -0.1) is 0 Å². The van der Waals surface area contributed by atoms with Gasteiger partial charge in [-0.05, 0) is 30.5 Å². The first kappa shape index (κ1) is 42.9. The first-order chi connectivity index (χ1) is 21.9. The molecule has 0 saturated carbocycles. The fourth-order valence-electron chi connectivity index (χ4n) is 5.20. The van der Waals surface area contributed by atoms with E-state index in [4.69, 9.17) is 14.2 Å². The molecule has 7 heteroatoms. The van der Waals surface area contributed by atoms with Crippen molar-refractivity contribution in [2.45, 2.75) is 174 Å². The highest BCUT2D eigenvalue weighted by atomic mass is 16.5. The highest BCUT2D eigenvalue weighted by Gasteiger charge is 2.15. The normalized spacial score (nSPS) is 12.1. The summed E-state index contributed by atoms with van der Waals surface area (Å²) in [7, 11) is 4.44. The molecule has 2 atom stereocenters. The maximum absolute atomic E-state index is 11.7. The third-order valence-electron chi connectivity index (χ3n) is 8.17. The molecule has 1 aromatic carbocycles. The molecule has 0 saturated heterocycles. The molecule has 0 aliphatic rings. The van der Waals surface area contributed by atoms with Gasteiger partial charge in [-0.2, -0.15) is 0 Å². The highest BCUT2D eigenvalue weighted by molar-refractivity contribution is 5.70. The molecule has 0 aliphatic carbocycles. The number of ether oxygens (including phenoxy) is 4. The van der Waals surface area contributed by atoms with Crippen LogP contribution in [0.4, 0.5) is 0 Å². The Labute approximate surface area is 276 Å². The van der Waals surface area contributed by atoms with Crippen molar-refractivity contribution >= 4 is 11.9 Å². The number of carbonyl (C=O) groups is 2. The fourth-order valence-corrected chi connectivity index (χ4v) is 5.20. The Bertz CT molecular complexity index is 796. The number of methoxy groups -OCH3 is 3. The Balaban J connectivity index is 0.000000937. The van der Waals surface area contributed by atoms with Crippen LogP contribution in [0.2, 0.25) is 0 Å². The topological polar surface area (TPSA) is 91.3 Å². The minimum Gasteiger partial charge on any atom is -0.497 e. The minimum atomic E-state index is -0.526. The number of carbonyl (C=O) groups excluding carboxylic acids is 2. The van der Waals surface area contributed by atoms with Crippen molar-refractivity contribution in [3.8, 4) is 5.75 Å². The van der Waals surface area contributed by atoms with E-state index in [2.05, 4.69) is 18.6 Å². The van der Waals surface area contributed by atoms with E-state index in [9.17, 15) is 14.7 Å². The largest absolute Gasteiger partial charge is 0.497 e. The van der Waals surface area contributed by atoms with Gasteiger partial charge < -0.3 is 24.1 Å². The van der Waals surface area contributed by atoms with Gasteiger partial charge in [0, 0.05) is 0 Å². The summed E-state index contributed by atoms with van der Waals surface area (Å²) in [6.07, 6.45) is 24.6. The first-order valence-corrected chi connectivity index (χ1v) is 18.0. The number of benzene rings is 1. The molecule has 0 bridgehead atoms. The Hall–Kier alpha value is -2.12. The van der Waals surface area contributed by atoms with E-state index in [1.54, 1.807) is 7.11 Å². The summed E-state index contributed by atoms with van der Waals surface area (Å²) >= 11 is 0. The van der Waals surface area contributed by atoms with Crippen LogP contribution >= 0.6 is 0 Å². The summed E-state index contributed by atoms with van der Waals surface area (Å²) in [5, 5.41) is 9.55. The number of esters is 2. The SMILES string of the molecule is CCCCCCCCCCC[C@@H](O)CC(=O)OC.CCCCCCCCCCC[C@H](CC(=O)OC)OCc1ccc(OC)cc1. The van der Waals surface area contributed by atoms with Gasteiger partial charge in [0.25, 0.3) is 0 Å². The Kier molecular flexibility index (Phi) is 30.3. The number of hydrogen-bond donors (Lipinski definition) is 1. The lowest BCUT2D eigenvalue weighted by Crippen LogP contribution is -2.19. The van der Waals surface area contributed by atoms with Crippen LogP contribution in [0, 0.1) is 0 Å². The number of aliphatic hydroxyl groups is 1. The van der Waals surface area contributed by atoms with Crippen molar-refractivity contribution in [1.29, 1.82) is 0 Å². The molecule has 0 radical (unpaired) electrons. The van der Waals surface area contributed by atoms with Gasteiger partial charge in [0.1, 0.15) is 5.75 Å². The van der Waals surface area contributed by atoms with E-state index in [1.165, 1.54) is 111 Å². The van der Waals surface area contributed by atoms with Crippen LogP contribution in [0.25, 0.3) is 0 Å².